The second kappa shape index (κ2) is 5.07. The van der Waals surface area contributed by atoms with Crippen LogP contribution < -0.4 is 0 Å². The van der Waals surface area contributed by atoms with Crippen LogP contribution in [0.25, 0.3) is 0 Å². The molecule has 0 spiro atoms. The van der Waals surface area contributed by atoms with Crippen LogP contribution in [0.5, 0.6) is 0 Å². The molecule has 1 aromatic rings. The van der Waals surface area contributed by atoms with Crippen molar-refractivity contribution in [3.63, 3.8) is 0 Å². The zero-order valence-electron chi connectivity index (χ0n) is 10.6. The molecule has 18 heavy (non-hydrogen) atoms. The van der Waals surface area contributed by atoms with Crippen LogP contribution in [0.2, 0.25) is 0 Å². The monoisotopic (exact) mass is 264 g/mol. The lowest BCUT2D eigenvalue weighted by Gasteiger charge is -2.41. The van der Waals surface area contributed by atoms with Crippen molar-refractivity contribution < 1.29 is 9.53 Å². The third-order valence-corrected chi connectivity index (χ3v) is 4.54. The normalized spacial score (nSPS) is 26.2. The Labute approximate surface area is 111 Å². The van der Waals surface area contributed by atoms with E-state index in [9.17, 15) is 10.1 Å². The lowest BCUT2D eigenvalue weighted by Crippen LogP contribution is -2.40. The third kappa shape index (κ3) is 2.13. The van der Waals surface area contributed by atoms with Gasteiger partial charge in [0.1, 0.15) is 10.4 Å². The first kappa shape index (κ1) is 13.0. The van der Waals surface area contributed by atoms with E-state index in [-0.39, 0.29) is 0 Å². The molecule has 1 saturated carbocycles. The molecule has 0 unspecified atom stereocenters. The minimum absolute atomic E-state index is 0.311. The first-order valence-electron chi connectivity index (χ1n) is 6.10. The zero-order chi connectivity index (χ0) is 13.2. The van der Waals surface area contributed by atoms with Gasteiger partial charge < -0.3 is 4.74 Å². The summed E-state index contributed by atoms with van der Waals surface area (Å²) in [7, 11) is 1.34. The van der Waals surface area contributed by atoms with Crippen molar-refractivity contribution >= 4 is 17.3 Å². The molecule has 0 aromatic carbocycles. The fourth-order valence-corrected chi connectivity index (χ4v) is 3.50. The predicted octanol–water partition coefficient (Wildman–Crippen LogP) is 2.90. The summed E-state index contributed by atoms with van der Waals surface area (Å²) in [6, 6.07) is 2.39. The number of esters is 1. The molecule has 2 rings (SSSR count). The van der Waals surface area contributed by atoms with Crippen LogP contribution in [-0.4, -0.2) is 18.1 Å². The van der Waals surface area contributed by atoms with E-state index in [0.717, 1.165) is 24.3 Å². The van der Waals surface area contributed by atoms with Crippen LogP contribution in [0, 0.1) is 17.2 Å². The summed E-state index contributed by atoms with van der Waals surface area (Å²) in [5, 5.41) is 11.8. The summed E-state index contributed by atoms with van der Waals surface area (Å²) in [5.74, 6) is 0.190. The quantitative estimate of drug-likeness (QED) is 0.784. The second-order valence-corrected chi connectivity index (χ2v) is 5.64. The van der Waals surface area contributed by atoms with Crippen molar-refractivity contribution in [2.24, 2.45) is 5.92 Å². The lowest BCUT2D eigenvalue weighted by molar-refractivity contribution is 0.0594. The molecule has 0 radical (unpaired) electrons. The van der Waals surface area contributed by atoms with Crippen molar-refractivity contribution in [3.8, 4) is 6.07 Å². The SMILES string of the molecule is CCCC1CC(C#N)(c2nc(C(=O)OC)cs2)C1. The van der Waals surface area contributed by atoms with Crippen molar-refractivity contribution in [3.05, 3.63) is 16.1 Å². The minimum atomic E-state index is -0.462. The molecule has 5 heteroatoms. The van der Waals surface area contributed by atoms with Gasteiger partial charge in [0.2, 0.25) is 0 Å². The number of nitrogens with zero attached hydrogens (tertiary/aromatic N) is 2. The number of methoxy groups -OCH3 is 1. The number of hydrogen-bond acceptors (Lipinski definition) is 5. The Balaban J connectivity index is 2.13. The first-order chi connectivity index (χ1) is 8.65. The van der Waals surface area contributed by atoms with Gasteiger partial charge in [-0.25, -0.2) is 9.78 Å². The molecule has 0 bridgehead atoms. The molecular formula is C13H16N2O2S. The Morgan fingerprint density at radius 3 is 3.00 bits per heavy atom. The van der Waals surface area contributed by atoms with Crippen molar-refractivity contribution in [1.29, 1.82) is 5.26 Å². The molecule has 96 valence electrons. The highest BCUT2D eigenvalue weighted by atomic mass is 32.1. The van der Waals surface area contributed by atoms with E-state index in [0.29, 0.717) is 11.6 Å². The van der Waals surface area contributed by atoms with E-state index < -0.39 is 11.4 Å². The summed E-state index contributed by atoms with van der Waals surface area (Å²) in [6.07, 6.45) is 4.05. The number of thiazole rings is 1. The molecule has 0 N–H and O–H groups in total. The van der Waals surface area contributed by atoms with Gasteiger partial charge in [0.15, 0.2) is 5.69 Å². The fraction of sp³-hybridized carbons (Fsp3) is 0.615. The molecule has 0 saturated heterocycles. The molecule has 1 heterocycles. The Morgan fingerprint density at radius 2 is 2.44 bits per heavy atom. The first-order valence-corrected chi connectivity index (χ1v) is 6.98. The molecule has 1 fully saturated rings. The topological polar surface area (TPSA) is 63.0 Å². The van der Waals surface area contributed by atoms with Crippen molar-refractivity contribution in [1.82, 2.24) is 4.98 Å². The molecule has 0 amide bonds. The number of carbonyl (C=O) groups is 1. The van der Waals surface area contributed by atoms with E-state index >= 15 is 0 Å². The van der Waals surface area contributed by atoms with Crippen LogP contribution >= 0.6 is 11.3 Å². The highest BCUT2D eigenvalue weighted by molar-refractivity contribution is 7.10. The van der Waals surface area contributed by atoms with Crippen LogP contribution in [0.15, 0.2) is 5.38 Å². The van der Waals surface area contributed by atoms with Crippen molar-refractivity contribution in [2.45, 2.75) is 38.0 Å². The van der Waals surface area contributed by atoms with Gasteiger partial charge in [0.25, 0.3) is 0 Å². The van der Waals surface area contributed by atoms with Crippen LogP contribution in [0.4, 0.5) is 0 Å². The predicted molar refractivity (Wildman–Crippen MR) is 68.4 cm³/mol. The van der Waals surface area contributed by atoms with E-state index in [2.05, 4.69) is 22.7 Å². The number of hydrogen-bond donors (Lipinski definition) is 0. The molecule has 4 nitrogen and oxygen atoms in total. The third-order valence-electron chi connectivity index (χ3n) is 3.49. The van der Waals surface area contributed by atoms with Gasteiger partial charge in [0, 0.05) is 5.38 Å². The maximum absolute atomic E-state index is 11.4. The maximum atomic E-state index is 11.4. The largest absolute Gasteiger partial charge is 0.464 e. The van der Waals surface area contributed by atoms with Crippen LogP contribution in [0.1, 0.15) is 48.1 Å². The Kier molecular flexibility index (Phi) is 3.67. The van der Waals surface area contributed by atoms with Gasteiger partial charge in [-0.2, -0.15) is 5.26 Å². The Bertz CT molecular complexity index is 483. The molecule has 1 aliphatic carbocycles. The van der Waals surface area contributed by atoms with Gasteiger partial charge in [0.05, 0.1) is 13.2 Å². The average Bonchev–Trinajstić information content (AvgIpc) is 2.82. The van der Waals surface area contributed by atoms with Crippen LogP contribution in [0.3, 0.4) is 0 Å². The van der Waals surface area contributed by atoms with E-state index in [4.69, 9.17) is 0 Å². The highest BCUT2D eigenvalue weighted by Gasteiger charge is 2.47. The summed E-state index contributed by atoms with van der Waals surface area (Å²) in [4.78, 5) is 15.6. The summed E-state index contributed by atoms with van der Waals surface area (Å²) in [5.41, 5.74) is -0.150. The minimum Gasteiger partial charge on any atom is -0.464 e. The molecule has 1 aliphatic rings. The smallest absolute Gasteiger partial charge is 0.357 e. The number of nitriles is 1. The molecule has 0 atom stereocenters. The summed E-state index contributed by atoms with van der Waals surface area (Å²) < 4.78 is 4.63. The van der Waals surface area contributed by atoms with E-state index in [1.54, 1.807) is 5.38 Å². The van der Waals surface area contributed by atoms with Gasteiger partial charge >= 0.3 is 5.97 Å². The lowest BCUT2D eigenvalue weighted by atomic mass is 9.62. The number of ether oxygens (including phenoxy) is 1. The van der Waals surface area contributed by atoms with Crippen LogP contribution in [-0.2, 0) is 10.2 Å². The summed E-state index contributed by atoms with van der Waals surface area (Å²) >= 11 is 1.39. The molecular weight excluding hydrogens is 248 g/mol. The molecule has 1 aromatic heterocycles. The second-order valence-electron chi connectivity index (χ2n) is 4.79. The van der Waals surface area contributed by atoms with Gasteiger partial charge in [-0.1, -0.05) is 19.8 Å². The van der Waals surface area contributed by atoms with E-state index in [1.165, 1.54) is 24.9 Å². The van der Waals surface area contributed by atoms with Gasteiger partial charge in [-0.05, 0) is 18.8 Å². The summed E-state index contributed by atoms with van der Waals surface area (Å²) in [6.45, 7) is 2.16. The number of rotatable bonds is 4. The Morgan fingerprint density at radius 1 is 1.72 bits per heavy atom. The molecule has 0 aliphatic heterocycles. The van der Waals surface area contributed by atoms with Gasteiger partial charge in [-0.15, -0.1) is 11.3 Å². The fourth-order valence-electron chi connectivity index (χ4n) is 2.54. The van der Waals surface area contributed by atoms with E-state index in [1.807, 2.05) is 0 Å². The maximum Gasteiger partial charge on any atom is 0.357 e. The van der Waals surface area contributed by atoms with Gasteiger partial charge in [-0.3, -0.25) is 0 Å². The average molecular weight is 264 g/mol. The Hall–Kier alpha value is -1.41. The standard InChI is InChI=1S/C13H16N2O2S/c1-3-4-9-5-13(6-9,8-14)12-15-10(7-18-12)11(16)17-2/h7,9H,3-6H2,1-2H3. The number of aromatic nitrogens is 1. The number of carbonyl (C=O) groups excluding carboxylic acids is 1. The highest BCUT2D eigenvalue weighted by Crippen LogP contribution is 2.49. The van der Waals surface area contributed by atoms with Crippen molar-refractivity contribution in [2.75, 3.05) is 7.11 Å². The zero-order valence-corrected chi connectivity index (χ0v) is 11.4.